The molecular weight excluding hydrogens is 389 g/mol. The number of hydrogen-bond donors (Lipinski definition) is 1. The zero-order valence-corrected chi connectivity index (χ0v) is 15.7. The summed E-state index contributed by atoms with van der Waals surface area (Å²) in [6.07, 6.45) is 0. The Kier molecular flexibility index (Phi) is 4.95. The molecule has 0 amide bonds. The number of esters is 1. The number of carbonyl (C=O) groups is 2. The fourth-order valence-electron chi connectivity index (χ4n) is 2.73. The number of carbonyl (C=O) groups excluding carboxylic acids is 2. The van der Waals surface area contributed by atoms with Crippen molar-refractivity contribution in [3.8, 4) is 0 Å². The fourth-order valence-corrected chi connectivity index (χ4v) is 3.74. The molecule has 0 saturated heterocycles. The zero-order valence-electron chi connectivity index (χ0n) is 14.9. The summed E-state index contributed by atoms with van der Waals surface area (Å²) in [6, 6.07) is 12.7. The van der Waals surface area contributed by atoms with Gasteiger partial charge in [-0.1, -0.05) is 36.4 Å². The van der Waals surface area contributed by atoms with E-state index in [1.54, 1.807) is 6.07 Å². The number of ketones is 1. The third-order valence-corrected chi connectivity index (χ3v) is 5.41. The van der Waals surface area contributed by atoms with Crippen LogP contribution in [0.1, 0.15) is 19.4 Å². The van der Waals surface area contributed by atoms with Gasteiger partial charge in [0.05, 0.1) is 4.90 Å². The summed E-state index contributed by atoms with van der Waals surface area (Å²) in [6.45, 7) is 2.31. The van der Waals surface area contributed by atoms with Crippen LogP contribution in [0, 0.1) is 5.82 Å². The molecule has 2 aromatic carbocycles. The Morgan fingerprint density at radius 1 is 1.11 bits per heavy atom. The second-order valence-electron chi connectivity index (χ2n) is 6.11. The van der Waals surface area contributed by atoms with E-state index in [9.17, 15) is 22.4 Å². The summed E-state index contributed by atoms with van der Waals surface area (Å²) >= 11 is 0. The molecule has 1 aliphatic heterocycles. The van der Waals surface area contributed by atoms with Crippen molar-refractivity contribution in [1.29, 1.82) is 0 Å². The third kappa shape index (κ3) is 3.48. The van der Waals surface area contributed by atoms with Crippen molar-refractivity contribution in [2.24, 2.45) is 0 Å². The predicted molar refractivity (Wildman–Crippen MR) is 95.4 cm³/mol. The van der Waals surface area contributed by atoms with Crippen molar-refractivity contribution in [1.82, 2.24) is 4.72 Å². The Morgan fingerprint density at radius 3 is 2.32 bits per heavy atom. The van der Waals surface area contributed by atoms with Gasteiger partial charge < -0.3 is 9.47 Å². The topological polar surface area (TPSA) is 98.8 Å². The van der Waals surface area contributed by atoms with E-state index in [0.717, 1.165) is 13.0 Å². The van der Waals surface area contributed by atoms with Gasteiger partial charge in [0.1, 0.15) is 5.82 Å². The van der Waals surface area contributed by atoms with Crippen LogP contribution in [0.25, 0.3) is 0 Å². The second-order valence-corrected chi connectivity index (χ2v) is 7.80. The highest BCUT2D eigenvalue weighted by atomic mass is 32.2. The number of Topliss-reactive ketones (excluding diaryl/α,β-unsaturated/α-hetero) is 1. The minimum atomic E-state index is -4.15. The minimum Gasteiger partial charge on any atom is -0.456 e. The van der Waals surface area contributed by atoms with Crippen LogP contribution in [0.4, 0.5) is 4.39 Å². The summed E-state index contributed by atoms with van der Waals surface area (Å²) in [5, 5.41) is 0. The van der Waals surface area contributed by atoms with Gasteiger partial charge in [0, 0.05) is 12.5 Å². The zero-order chi connectivity index (χ0) is 20.5. The van der Waals surface area contributed by atoms with Crippen LogP contribution in [0.5, 0.6) is 0 Å². The lowest BCUT2D eigenvalue weighted by atomic mass is 9.91. The Morgan fingerprint density at radius 2 is 1.71 bits per heavy atom. The van der Waals surface area contributed by atoms with Gasteiger partial charge in [0.15, 0.2) is 0 Å². The molecule has 0 aliphatic carbocycles. The van der Waals surface area contributed by atoms with Crippen molar-refractivity contribution < 1.29 is 31.9 Å². The molecule has 1 heterocycles. The number of ether oxygens (including phenoxy) is 2. The van der Waals surface area contributed by atoms with Gasteiger partial charge in [-0.2, -0.15) is 0 Å². The van der Waals surface area contributed by atoms with Gasteiger partial charge in [0.25, 0.3) is 21.7 Å². The van der Waals surface area contributed by atoms with E-state index < -0.39 is 44.8 Å². The van der Waals surface area contributed by atoms with E-state index in [4.69, 9.17) is 9.47 Å². The van der Waals surface area contributed by atoms with E-state index in [0.29, 0.717) is 0 Å². The van der Waals surface area contributed by atoms with Crippen molar-refractivity contribution in [2.45, 2.75) is 24.3 Å². The largest absolute Gasteiger partial charge is 0.456 e. The standard InChI is InChI=1S/C19H16FNO6S/c1-12(22)26-16-17(23)19(2,14-10-6-7-11-15(14)20)27-18(16)21-28(24,25)13-8-4-3-5-9-13/h3-11,21H,1-2H3. The van der Waals surface area contributed by atoms with Crippen molar-refractivity contribution >= 4 is 21.8 Å². The number of rotatable bonds is 5. The predicted octanol–water partition coefficient (Wildman–Crippen LogP) is 2.35. The molecular formula is C19H16FNO6S. The molecule has 1 aliphatic rings. The van der Waals surface area contributed by atoms with Gasteiger partial charge in [-0.3, -0.25) is 9.59 Å². The van der Waals surface area contributed by atoms with Gasteiger partial charge in [0.2, 0.25) is 11.4 Å². The van der Waals surface area contributed by atoms with Gasteiger partial charge in [-0.25, -0.2) is 17.5 Å². The van der Waals surface area contributed by atoms with Crippen LogP contribution >= 0.6 is 0 Å². The average Bonchev–Trinajstić information content (AvgIpc) is 2.87. The Balaban J connectivity index is 2.04. The number of halogens is 1. The Labute approximate surface area is 160 Å². The van der Waals surface area contributed by atoms with Crippen LogP contribution in [0.15, 0.2) is 71.1 Å². The third-order valence-electron chi connectivity index (χ3n) is 4.07. The lowest BCUT2D eigenvalue weighted by Crippen LogP contribution is -2.33. The SMILES string of the molecule is CC(=O)OC1=C(NS(=O)(=O)c2ccccc2)OC(C)(c2ccccc2F)C1=O. The maximum atomic E-state index is 14.3. The highest BCUT2D eigenvalue weighted by molar-refractivity contribution is 7.89. The molecule has 0 radical (unpaired) electrons. The van der Waals surface area contributed by atoms with Crippen molar-refractivity contribution in [3.05, 3.63) is 77.6 Å². The molecule has 7 nitrogen and oxygen atoms in total. The summed E-state index contributed by atoms with van der Waals surface area (Å²) in [5.41, 5.74) is -2.04. The van der Waals surface area contributed by atoms with Crippen LogP contribution < -0.4 is 4.72 Å². The minimum absolute atomic E-state index is 0.0970. The van der Waals surface area contributed by atoms with Crippen molar-refractivity contribution in [3.63, 3.8) is 0 Å². The number of hydrogen-bond acceptors (Lipinski definition) is 6. The van der Waals surface area contributed by atoms with Crippen LogP contribution in [-0.2, 0) is 34.7 Å². The van der Waals surface area contributed by atoms with Gasteiger partial charge >= 0.3 is 5.97 Å². The van der Waals surface area contributed by atoms with E-state index in [1.165, 1.54) is 49.4 Å². The van der Waals surface area contributed by atoms with Crippen LogP contribution in [0.3, 0.4) is 0 Å². The molecule has 3 rings (SSSR count). The maximum absolute atomic E-state index is 14.3. The molecule has 0 fully saturated rings. The number of sulfonamides is 1. The first-order valence-corrected chi connectivity index (χ1v) is 9.63. The summed E-state index contributed by atoms with van der Waals surface area (Å²) in [5.74, 6) is -3.71. The molecule has 1 N–H and O–H groups in total. The maximum Gasteiger partial charge on any atom is 0.308 e. The highest BCUT2D eigenvalue weighted by Gasteiger charge is 2.51. The normalized spacial score (nSPS) is 19.3. The van der Waals surface area contributed by atoms with E-state index in [1.807, 2.05) is 0 Å². The molecule has 1 unspecified atom stereocenters. The van der Waals surface area contributed by atoms with Crippen molar-refractivity contribution in [2.75, 3.05) is 0 Å². The van der Waals surface area contributed by atoms with Crippen LogP contribution in [0.2, 0.25) is 0 Å². The Bertz CT molecular complexity index is 1080. The lowest BCUT2D eigenvalue weighted by molar-refractivity contribution is -0.142. The monoisotopic (exact) mass is 405 g/mol. The van der Waals surface area contributed by atoms with Crippen LogP contribution in [-0.4, -0.2) is 20.2 Å². The summed E-state index contributed by atoms with van der Waals surface area (Å²) in [7, 11) is -4.15. The molecule has 1 atom stereocenters. The quantitative estimate of drug-likeness (QED) is 0.767. The van der Waals surface area contributed by atoms with E-state index in [-0.39, 0.29) is 10.5 Å². The lowest BCUT2D eigenvalue weighted by Gasteiger charge is -2.24. The molecule has 0 bridgehead atoms. The average molecular weight is 405 g/mol. The molecule has 2 aromatic rings. The summed E-state index contributed by atoms with van der Waals surface area (Å²) in [4.78, 5) is 24.2. The number of nitrogens with one attached hydrogen (secondary N) is 1. The smallest absolute Gasteiger partial charge is 0.308 e. The van der Waals surface area contributed by atoms with E-state index >= 15 is 0 Å². The molecule has 28 heavy (non-hydrogen) atoms. The van der Waals surface area contributed by atoms with Gasteiger partial charge in [-0.05, 0) is 25.1 Å². The molecule has 0 saturated carbocycles. The summed E-state index contributed by atoms with van der Waals surface area (Å²) < 4.78 is 52.0. The van der Waals surface area contributed by atoms with Gasteiger partial charge in [-0.15, -0.1) is 0 Å². The first-order valence-electron chi connectivity index (χ1n) is 8.14. The fraction of sp³-hybridized carbons (Fsp3) is 0.158. The first-order chi connectivity index (χ1) is 13.1. The number of benzene rings is 2. The first kappa shape index (κ1) is 19.6. The highest BCUT2D eigenvalue weighted by Crippen LogP contribution is 2.39. The molecule has 0 spiro atoms. The molecule has 0 aromatic heterocycles. The van der Waals surface area contributed by atoms with E-state index in [2.05, 4.69) is 4.72 Å². The molecule has 146 valence electrons. The molecule has 9 heteroatoms. The Hall–Kier alpha value is -3.20. The second kappa shape index (κ2) is 7.08.